The Kier molecular flexibility index (Phi) is 6.20. The molecule has 2 aliphatic rings. The molecule has 1 saturated heterocycles. The van der Waals surface area contributed by atoms with Crippen molar-refractivity contribution >= 4 is 23.5 Å². The molecule has 2 aromatic heterocycles. The van der Waals surface area contributed by atoms with Crippen LogP contribution in [0.3, 0.4) is 0 Å². The number of carbonyl (C=O) groups is 1. The van der Waals surface area contributed by atoms with Gasteiger partial charge in [0.25, 0.3) is 5.56 Å². The second kappa shape index (κ2) is 8.90. The van der Waals surface area contributed by atoms with Gasteiger partial charge >= 0.3 is 6.18 Å². The number of rotatable bonds is 4. The first-order chi connectivity index (χ1) is 15.2. The van der Waals surface area contributed by atoms with E-state index in [9.17, 15) is 22.8 Å². The summed E-state index contributed by atoms with van der Waals surface area (Å²) in [5.74, 6) is 0.0860. The fraction of sp³-hybridized carbons (Fsp3) is 0.500. The highest BCUT2D eigenvalue weighted by Gasteiger charge is 2.32. The van der Waals surface area contributed by atoms with Gasteiger partial charge in [-0.15, -0.1) is 0 Å². The van der Waals surface area contributed by atoms with Crippen LogP contribution in [0.1, 0.15) is 23.8 Å². The summed E-state index contributed by atoms with van der Waals surface area (Å²) in [6.45, 7) is 1.48. The van der Waals surface area contributed by atoms with E-state index in [-0.39, 0.29) is 35.8 Å². The topological polar surface area (TPSA) is 114 Å². The number of aromatic amines is 1. The summed E-state index contributed by atoms with van der Waals surface area (Å²) in [4.78, 5) is 35.0. The molecule has 1 N–H and O–H groups in total. The highest BCUT2D eigenvalue weighted by atomic mass is 35.5. The maximum atomic E-state index is 12.6. The van der Waals surface area contributed by atoms with Gasteiger partial charge in [-0.1, -0.05) is 11.6 Å². The van der Waals surface area contributed by atoms with Crippen LogP contribution in [0.15, 0.2) is 17.2 Å². The second-order valence-corrected chi connectivity index (χ2v) is 7.53. The van der Waals surface area contributed by atoms with Crippen molar-refractivity contribution in [1.82, 2.24) is 25.1 Å². The van der Waals surface area contributed by atoms with E-state index < -0.39 is 23.4 Å². The molecule has 0 radical (unpaired) electrons. The number of nitrogens with zero attached hydrogens (tertiary/aromatic N) is 5. The maximum Gasteiger partial charge on any atom is 0.419 e. The first-order valence-electron chi connectivity index (χ1n) is 9.68. The van der Waals surface area contributed by atoms with Crippen molar-refractivity contribution in [3.63, 3.8) is 0 Å². The van der Waals surface area contributed by atoms with Crippen LogP contribution in [-0.4, -0.2) is 70.4 Å². The Labute approximate surface area is 184 Å². The van der Waals surface area contributed by atoms with Crippen molar-refractivity contribution in [2.24, 2.45) is 0 Å². The van der Waals surface area contributed by atoms with E-state index in [1.807, 2.05) is 0 Å². The van der Waals surface area contributed by atoms with Crippen LogP contribution in [0, 0.1) is 0 Å². The number of aromatic nitrogens is 4. The van der Waals surface area contributed by atoms with E-state index in [1.165, 1.54) is 0 Å². The predicted molar refractivity (Wildman–Crippen MR) is 104 cm³/mol. The zero-order valence-corrected chi connectivity index (χ0v) is 17.3. The molecule has 1 amide bonds. The zero-order chi connectivity index (χ0) is 22.9. The van der Waals surface area contributed by atoms with Gasteiger partial charge in [0.2, 0.25) is 11.9 Å². The average molecular weight is 475 g/mol. The van der Waals surface area contributed by atoms with Crippen molar-refractivity contribution in [3.05, 3.63) is 39.0 Å². The lowest BCUT2D eigenvalue weighted by atomic mass is 10.1. The van der Waals surface area contributed by atoms with E-state index >= 15 is 0 Å². The molecule has 0 unspecified atom stereocenters. The predicted octanol–water partition coefficient (Wildman–Crippen LogP) is 1.42. The largest absolute Gasteiger partial charge is 0.490 e. The van der Waals surface area contributed by atoms with Crippen LogP contribution in [0.2, 0.25) is 5.02 Å². The van der Waals surface area contributed by atoms with E-state index in [2.05, 4.69) is 20.2 Å². The highest BCUT2D eigenvalue weighted by molar-refractivity contribution is 6.31. The number of carbonyl (C=O) groups excluding carboxylic acids is 1. The summed E-state index contributed by atoms with van der Waals surface area (Å²) in [5, 5.41) is 6.08. The van der Waals surface area contributed by atoms with Crippen LogP contribution in [0.25, 0.3) is 0 Å². The Bertz CT molecular complexity index is 1040. The highest BCUT2D eigenvalue weighted by Crippen LogP contribution is 2.35. The zero-order valence-electron chi connectivity index (χ0n) is 16.6. The number of piperazine rings is 1. The quantitative estimate of drug-likeness (QED) is 0.708. The van der Waals surface area contributed by atoms with Crippen LogP contribution < -0.4 is 15.2 Å². The Hall–Kier alpha value is -2.93. The number of alkyl halides is 3. The molecule has 1 fully saturated rings. The number of hydrogen-bond donors (Lipinski definition) is 1. The summed E-state index contributed by atoms with van der Waals surface area (Å²) in [6.07, 6.45) is -3.13. The van der Waals surface area contributed by atoms with Crippen molar-refractivity contribution < 1.29 is 27.4 Å². The minimum absolute atomic E-state index is 0.115. The van der Waals surface area contributed by atoms with Gasteiger partial charge in [-0.05, 0) is 0 Å². The summed E-state index contributed by atoms with van der Waals surface area (Å²) < 4.78 is 49.1. The SMILES string of the molecule is O=C(CO[C@@H]1CCOc2c1n[nH]c(=O)c2Cl)N1CCN(c2ncc(C(F)(F)F)cn2)CC1. The Morgan fingerprint density at radius 3 is 2.59 bits per heavy atom. The molecule has 10 nitrogen and oxygen atoms in total. The third-order valence-corrected chi connectivity index (χ3v) is 5.47. The van der Waals surface area contributed by atoms with E-state index in [0.717, 1.165) is 12.4 Å². The number of amides is 1. The van der Waals surface area contributed by atoms with E-state index in [0.29, 0.717) is 38.3 Å². The van der Waals surface area contributed by atoms with Gasteiger partial charge in [0, 0.05) is 45.0 Å². The molecule has 4 rings (SSSR count). The Morgan fingerprint density at radius 1 is 1.25 bits per heavy atom. The van der Waals surface area contributed by atoms with Crippen LogP contribution in [0.5, 0.6) is 5.75 Å². The molecule has 1 atom stereocenters. The standard InChI is InChI=1S/C18H18ClF3N6O4/c19-13-15-14(25-26-16(13)30)11(1-6-31-15)32-9-12(29)27-2-4-28(5-3-27)17-23-7-10(8-24-17)18(20,21)22/h7-8,11H,1-6,9H2,(H,26,30)/t11-/m1/s1. The fourth-order valence-corrected chi connectivity index (χ4v) is 3.59. The van der Waals surface area contributed by atoms with Crippen molar-refractivity contribution in [3.8, 4) is 5.75 Å². The minimum atomic E-state index is -4.50. The van der Waals surface area contributed by atoms with Gasteiger partial charge in [-0.3, -0.25) is 9.59 Å². The van der Waals surface area contributed by atoms with Crippen molar-refractivity contribution in [2.75, 3.05) is 44.3 Å². The first kappa shape index (κ1) is 22.3. The number of ether oxygens (including phenoxy) is 2. The van der Waals surface area contributed by atoms with Gasteiger partial charge in [0.1, 0.15) is 18.4 Å². The van der Waals surface area contributed by atoms with Gasteiger partial charge in [0.05, 0.1) is 12.2 Å². The summed E-state index contributed by atoms with van der Waals surface area (Å²) in [6, 6.07) is 0. The molecule has 0 spiro atoms. The molecule has 4 heterocycles. The van der Waals surface area contributed by atoms with Crippen LogP contribution >= 0.6 is 11.6 Å². The number of nitrogens with one attached hydrogen (secondary N) is 1. The van der Waals surface area contributed by atoms with Gasteiger partial charge in [-0.2, -0.15) is 18.3 Å². The fourth-order valence-electron chi connectivity index (χ4n) is 3.40. The molecule has 0 aliphatic carbocycles. The number of H-pyrrole nitrogens is 1. The minimum Gasteiger partial charge on any atom is -0.490 e. The van der Waals surface area contributed by atoms with E-state index in [1.54, 1.807) is 9.80 Å². The number of fused-ring (bicyclic) bond motifs is 1. The normalized spacial score (nSPS) is 18.8. The Morgan fingerprint density at radius 2 is 1.94 bits per heavy atom. The van der Waals surface area contributed by atoms with Gasteiger partial charge < -0.3 is 19.3 Å². The van der Waals surface area contributed by atoms with Crippen LogP contribution in [0.4, 0.5) is 19.1 Å². The Balaban J connectivity index is 1.30. The number of anilines is 1. The summed E-state index contributed by atoms with van der Waals surface area (Å²) >= 11 is 5.95. The van der Waals surface area contributed by atoms with Gasteiger partial charge in [0.15, 0.2) is 10.8 Å². The summed E-state index contributed by atoms with van der Waals surface area (Å²) in [5.41, 5.74) is -1.16. The van der Waals surface area contributed by atoms with Crippen molar-refractivity contribution in [1.29, 1.82) is 0 Å². The lowest BCUT2D eigenvalue weighted by molar-refractivity contribution is -0.139. The number of halogens is 4. The molecular formula is C18H18ClF3N6O4. The monoisotopic (exact) mass is 474 g/mol. The molecule has 0 aromatic carbocycles. The first-order valence-corrected chi connectivity index (χ1v) is 10.1. The van der Waals surface area contributed by atoms with Crippen LogP contribution in [-0.2, 0) is 15.7 Å². The molecule has 32 heavy (non-hydrogen) atoms. The molecule has 172 valence electrons. The molecule has 14 heteroatoms. The molecule has 2 aromatic rings. The van der Waals surface area contributed by atoms with Gasteiger partial charge in [-0.25, -0.2) is 15.1 Å². The second-order valence-electron chi connectivity index (χ2n) is 7.16. The third kappa shape index (κ3) is 4.63. The molecule has 0 bridgehead atoms. The maximum absolute atomic E-state index is 12.6. The molecule has 2 aliphatic heterocycles. The average Bonchev–Trinajstić information content (AvgIpc) is 2.79. The number of hydrogen-bond acceptors (Lipinski definition) is 8. The van der Waals surface area contributed by atoms with E-state index in [4.69, 9.17) is 21.1 Å². The van der Waals surface area contributed by atoms with Crippen molar-refractivity contribution in [2.45, 2.75) is 18.7 Å². The lowest BCUT2D eigenvalue weighted by Gasteiger charge is -2.35. The molecular weight excluding hydrogens is 457 g/mol. The molecule has 0 saturated carbocycles. The smallest absolute Gasteiger partial charge is 0.419 e. The third-order valence-electron chi connectivity index (χ3n) is 5.13. The summed E-state index contributed by atoms with van der Waals surface area (Å²) in [7, 11) is 0. The lowest BCUT2D eigenvalue weighted by Crippen LogP contribution is -2.50.